The van der Waals surface area contributed by atoms with E-state index < -0.39 is 0 Å². The lowest BCUT2D eigenvalue weighted by Crippen LogP contribution is -2.39. The van der Waals surface area contributed by atoms with Gasteiger partial charge in [0, 0.05) is 22.6 Å². The van der Waals surface area contributed by atoms with E-state index in [-0.39, 0.29) is 11.7 Å². The summed E-state index contributed by atoms with van der Waals surface area (Å²) in [6.07, 6.45) is 3.88. The molecule has 4 rings (SSSR count). The van der Waals surface area contributed by atoms with Gasteiger partial charge in [-0.05, 0) is 37.5 Å². The molecule has 1 aromatic carbocycles. The summed E-state index contributed by atoms with van der Waals surface area (Å²) in [7, 11) is 0. The molecule has 1 saturated carbocycles. The minimum Gasteiger partial charge on any atom is -0.350 e. The number of anilines is 2. The van der Waals surface area contributed by atoms with Crippen LogP contribution in [-0.2, 0) is 16.0 Å². The third-order valence-corrected chi connectivity index (χ3v) is 4.67. The van der Waals surface area contributed by atoms with Gasteiger partial charge in [0.1, 0.15) is 6.54 Å². The van der Waals surface area contributed by atoms with Crippen LogP contribution in [0, 0.1) is 30.1 Å². The van der Waals surface area contributed by atoms with Gasteiger partial charge >= 0.3 is 0 Å². The van der Waals surface area contributed by atoms with Gasteiger partial charge in [0.05, 0.1) is 19.4 Å². The highest BCUT2D eigenvalue weighted by Crippen LogP contribution is 2.28. The fourth-order valence-electron chi connectivity index (χ4n) is 2.79. The molecule has 6 heteroatoms. The lowest BCUT2D eigenvalue weighted by molar-refractivity contribution is -0.228. The number of hydrogen-bond donors (Lipinski definition) is 1. The molecular formula is C21H26N4O2. The Morgan fingerprint density at radius 2 is 2.04 bits per heavy atom. The standard InChI is InChI=1S/C21H26N4O2/c1-15-4-5-17(9-8-16-6-7-16)10-18(15)23-19-11-22-25(24-19)12-20-26-13-21(2,3)14-27-20/h4-5,10-11,16,20H,6-7,12-14H2,1-3H3,(H,23,24). The Morgan fingerprint density at radius 1 is 1.26 bits per heavy atom. The molecule has 2 fully saturated rings. The van der Waals surface area contributed by atoms with Crippen LogP contribution in [0.5, 0.6) is 0 Å². The number of benzene rings is 1. The topological polar surface area (TPSA) is 61.2 Å². The molecule has 27 heavy (non-hydrogen) atoms. The summed E-state index contributed by atoms with van der Waals surface area (Å²) in [6.45, 7) is 8.15. The largest absolute Gasteiger partial charge is 0.350 e. The van der Waals surface area contributed by atoms with Gasteiger partial charge < -0.3 is 14.8 Å². The number of aryl methyl sites for hydroxylation is 1. The molecule has 1 aliphatic heterocycles. The summed E-state index contributed by atoms with van der Waals surface area (Å²) < 4.78 is 11.5. The van der Waals surface area contributed by atoms with Crippen molar-refractivity contribution in [3.8, 4) is 11.8 Å². The summed E-state index contributed by atoms with van der Waals surface area (Å²) in [5.41, 5.74) is 3.22. The lowest BCUT2D eigenvalue weighted by atomic mass is 9.96. The van der Waals surface area contributed by atoms with Gasteiger partial charge in [-0.15, -0.1) is 5.10 Å². The quantitative estimate of drug-likeness (QED) is 0.840. The van der Waals surface area contributed by atoms with Crippen molar-refractivity contribution in [3.63, 3.8) is 0 Å². The van der Waals surface area contributed by atoms with Crippen LogP contribution in [0.1, 0.15) is 37.8 Å². The van der Waals surface area contributed by atoms with Crippen LogP contribution in [0.25, 0.3) is 0 Å². The molecule has 0 bridgehead atoms. The van der Waals surface area contributed by atoms with Gasteiger partial charge in [-0.3, -0.25) is 0 Å². The summed E-state index contributed by atoms with van der Waals surface area (Å²) in [5, 5.41) is 12.1. The van der Waals surface area contributed by atoms with E-state index in [1.165, 1.54) is 12.8 Å². The zero-order valence-corrected chi connectivity index (χ0v) is 16.2. The van der Waals surface area contributed by atoms with E-state index in [1.54, 1.807) is 11.0 Å². The molecule has 0 amide bonds. The molecule has 1 N–H and O–H groups in total. The normalized spacial score (nSPS) is 19.4. The minimum absolute atomic E-state index is 0.0612. The molecule has 142 valence electrons. The van der Waals surface area contributed by atoms with Crippen molar-refractivity contribution in [1.29, 1.82) is 0 Å². The van der Waals surface area contributed by atoms with E-state index in [4.69, 9.17) is 9.47 Å². The molecule has 6 nitrogen and oxygen atoms in total. The maximum atomic E-state index is 5.75. The van der Waals surface area contributed by atoms with Crippen molar-refractivity contribution in [2.24, 2.45) is 11.3 Å². The van der Waals surface area contributed by atoms with Gasteiger partial charge in [-0.2, -0.15) is 9.90 Å². The van der Waals surface area contributed by atoms with Crippen molar-refractivity contribution in [2.75, 3.05) is 18.5 Å². The van der Waals surface area contributed by atoms with Gasteiger partial charge in [-0.1, -0.05) is 31.8 Å². The van der Waals surface area contributed by atoms with E-state index in [0.717, 1.165) is 16.8 Å². The number of ether oxygens (including phenoxy) is 2. The third kappa shape index (κ3) is 4.88. The van der Waals surface area contributed by atoms with Crippen molar-refractivity contribution in [3.05, 3.63) is 35.5 Å². The van der Waals surface area contributed by atoms with Crippen molar-refractivity contribution >= 4 is 11.5 Å². The average molecular weight is 366 g/mol. The van der Waals surface area contributed by atoms with Crippen LogP contribution in [0.3, 0.4) is 0 Å². The Kier molecular flexibility index (Phi) is 4.90. The third-order valence-electron chi connectivity index (χ3n) is 4.67. The summed E-state index contributed by atoms with van der Waals surface area (Å²) in [6, 6.07) is 6.21. The molecular weight excluding hydrogens is 340 g/mol. The molecule has 2 aromatic rings. The summed E-state index contributed by atoms with van der Waals surface area (Å²) in [5.74, 6) is 7.85. The molecule has 1 aromatic heterocycles. The fourth-order valence-corrected chi connectivity index (χ4v) is 2.79. The maximum absolute atomic E-state index is 5.75. The van der Waals surface area contributed by atoms with Crippen LogP contribution in [-0.4, -0.2) is 34.5 Å². The number of nitrogens with one attached hydrogen (secondary N) is 1. The highest BCUT2D eigenvalue weighted by atomic mass is 16.7. The monoisotopic (exact) mass is 366 g/mol. The second-order valence-corrected chi connectivity index (χ2v) is 8.20. The first-order chi connectivity index (χ1) is 13.0. The van der Waals surface area contributed by atoms with Crippen molar-refractivity contribution < 1.29 is 9.47 Å². The zero-order chi connectivity index (χ0) is 18.9. The minimum atomic E-state index is -0.305. The fraction of sp³-hybridized carbons (Fsp3) is 0.524. The first kappa shape index (κ1) is 18.0. The second-order valence-electron chi connectivity index (χ2n) is 8.20. The van der Waals surface area contributed by atoms with Crippen LogP contribution in [0.4, 0.5) is 11.5 Å². The molecule has 0 radical (unpaired) electrons. The van der Waals surface area contributed by atoms with Gasteiger partial charge in [-0.25, -0.2) is 0 Å². The van der Waals surface area contributed by atoms with Crippen molar-refractivity contribution in [2.45, 2.75) is 46.4 Å². The Labute approximate surface area is 160 Å². The van der Waals surface area contributed by atoms with E-state index in [0.29, 0.717) is 31.5 Å². The molecule has 1 saturated heterocycles. The molecule has 0 spiro atoms. The Hall–Kier alpha value is -2.36. The zero-order valence-electron chi connectivity index (χ0n) is 16.2. The number of hydrogen-bond acceptors (Lipinski definition) is 5. The number of rotatable bonds is 4. The predicted molar refractivity (Wildman–Crippen MR) is 104 cm³/mol. The van der Waals surface area contributed by atoms with E-state index >= 15 is 0 Å². The highest BCUT2D eigenvalue weighted by molar-refractivity contribution is 5.62. The second kappa shape index (κ2) is 7.34. The Balaban J connectivity index is 1.39. The average Bonchev–Trinajstić information content (AvgIpc) is 3.37. The van der Waals surface area contributed by atoms with Crippen LogP contribution in [0.15, 0.2) is 24.4 Å². The van der Waals surface area contributed by atoms with Gasteiger partial charge in [0.15, 0.2) is 12.1 Å². The molecule has 0 atom stereocenters. The van der Waals surface area contributed by atoms with Crippen molar-refractivity contribution in [1.82, 2.24) is 15.0 Å². The number of nitrogens with zero attached hydrogens (tertiary/aromatic N) is 3. The smallest absolute Gasteiger partial charge is 0.178 e. The molecule has 1 aliphatic carbocycles. The summed E-state index contributed by atoms with van der Waals surface area (Å²) >= 11 is 0. The predicted octanol–water partition coefficient (Wildman–Crippen LogP) is 3.49. The molecule has 2 heterocycles. The van der Waals surface area contributed by atoms with E-state index in [1.807, 2.05) is 0 Å². The highest BCUT2D eigenvalue weighted by Gasteiger charge is 2.28. The van der Waals surface area contributed by atoms with Gasteiger partial charge in [0.2, 0.25) is 0 Å². The summed E-state index contributed by atoms with van der Waals surface area (Å²) in [4.78, 5) is 1.61. The molecule has 0 unspecified atom stereocenters. The van der Waals surface area contributed by atoms with Crippen LogP contribution < -0.4 is 5.32 Å². The van der Waals surface area contributed by atoms with E-state index in [9.17, 15) is 0 Å². The Morgan fingerprint density at radius 3 is 2.78 bits per heavy atom. The SMILES string of the molecule is Cc1ccc(C#CC2CC2)cc1Nc1cnn(CC2OCC(C)(C)CO2)n1. The van der Waals surface area contributed by atoms with Crippen LogP contribution >= 0.6 is 0 Å². The first-order valence-electron chi connectivity index (χ1n) is 9.49. The Bertz CT molecular complexity index is 864. The maximum Gasteiger partial charge on any atom is 0.178 e. The van der Waals surface area contributed by atoms with Crippen LogP contribution in [0.2, 0.25) is 0 Å². The lowest BCUT2D eigenvalue weighted by Gasteiger charge is -2.34. The van der Waals surface area contributed by atoms with E-state index in [2.05, 4.69) is 66.3 Å². The molecule has 2 aliphatic rings. The van der Waals surface area contributed by atoms with Gasteiger partial charge in [0.25, 0.3) is 0 Å². The first-order valence-corrected chi connectivity index (χ1v) is 9.49. The number of aromatic nitrogens is 3.